The average Bonchev–Trinajstić information content (AvgIpc) is 2.17. The van der Waals surface area contributed by atoms with Crippen molar-refractivity contribution in [1.82, 2.24) is 0 Å². The van der Waals surface area contributed by atoms with Crippen molar-refractivity contribution in [2.24, 2.45) is 11.1 Å². The van der Waals surface area contributed by atoms with E-state index in [1.807, 2.05) is 12.1 Å². The molecule has 0 radical (unpaired) electrons. The average molecular weight is 260 g/mol. The summed E-state index contributed by atoms with van der Waals surface area (Å²) in [5.74, 6) is 0. The van der Waals surface area contributed by atoms with Gasteiger partial charge in [-0.05, 0) is 42.0 Å². The first-order valence-electron chi connectivity index (χ1n) is 5.50. The zero-order valence-electron chi connectivity index (χ0n) is 10.1. The lowest BCUT2D eigenvalue weighted by Crippen LogP contribution is -2.35. The molecule has 0 aromatic heterocycles. The Morgan fingerprint density at radius 1 is 1.25 bits per heavy atom. The monoisotopic (exact) mass is 259 g/mol. The van der Waals surface area contributed by atoms with Gasteiger partial charge in [-0.2, -0.15) is 0 Å². The van der Waals surface area contributed by atoms with Gasteiger partial charge < -0.3 is 5.73 Å². The lowest BCUT2D eigenvalue weighted by Gasteiger charge is -2.27. The van der Waals surface area contributed by atoms with Gasteiger partial charge in [-0.3, -0.25) is 0 Å². The summed E-state index contributed by atoms with van der Waals surface area (Å²) in [6.07, 6.45) is 1.79. The predicted octanol–water partition coefficient (Wildman–Crippen LogP) is 4.30. The predicted molar refractivity (Wildman–Crippen MR) is 72.2 cm³/mol. The quantitative estimate of drug-likeness (QED) is 0.861. The van der Waals surface area contributed by atoms with Crippen LogP contribution in [0, 0.1) is 5.41 Å². The van der Waals surface area contributed by atoms with Crippen LogP contribution in [0.2, 0.25) is 10.0 Å². The van der Waals surface area contributed by atoms with Gasteiger partial charge >= 0.3 is 0 Å². The van der Waals surface area contributed by atoms with Gasteiger partial charge in [0.25, 0.3) is 0 Å². The van der Waals surface area contributed by atoms with Crippen molar-refractivity contribution in [3.63, 3.8) is 0 Å². The highest BCUT2D eigenvalue weighted by Gasteiger charge is 2.20. The largest absolute Gasteiger partial charge is 0.327 e. The van der Waals surface area contributed by atoms with Crippen molar-refractivity contribution in [3.05, 3.63) is 33.8 Å². The minimum atomic E-state index is 0.130. The van der Waals surface area contributed by atoms with Crippen molar-refractivity contribution in [2.45, 2.75) is 39.7 Å². The number of nitrogens with two attached hydrogens (primary N) is 1. The zero-order chi connectivity index (χ0) is 12.3. The molecular formula is C13H19Cl2N. The fourth-order valence-corrected chi connectivity index (χ4v) is 1.89. The molecule has 0 saturated heterocycles. The van der Waals surface area contributed by atoms with E-state index < -0.39 is 0 Å². The van der Waals surface area contributed by atoms with E-state index in [2.05, 4.69) is 20.8 Å². The Balaban J connectivity index is 2.64. The van der Waals surface area contributed by atoms with Gasteiger partial charge in [0.2, 0.25) is 0 Å². The van der Waals surface area contributed by atoms with E-state index >= 15 is 0 Å². The van der Waals surface area contributed by atoms with Crippen LogP contribution in [0.3, 0.4) is 0 Å². The Labute approximate surface area is 108 Å². The normalized spacial score (nSPS) is 13.9. The highest BCUT2D eigenvalue weighted by Crippen LogP contribution is 2.25. The first-order chi connectivity index (χ1) is 7.30. The Kier molecular flexibility index (Phi) is 4.66. The molecule has 0 bridgehead atoms. The van der Waals surface area contributed by atoms with Crippen molar-refractivity contribution in [3.8, 4) is 0 Å². The second-order valence-corrected chi connectivity index (χ2v) is 6.09. The Bertz CT molecular complexity index is 355. The van der Waals surface area contributed by atoms with Crippen LogP contribution in [0.4, 0.5) is 0 Å². The molecule has 0 aliphatic rings. The van der Waals surface area contributed by atoms with Gasteiger partial charge in [0.05, 0.1) is 0 Å². The molecular weight excluding hydrogens is 241 g/mol. The summed E-state index contributed by atoms with van der Waals surface area (Å²) in [7, 11) is 0. The molecule has 16 heavy (non-hydrogen) atoms. The highest BCUT2D eigenvalue weighted by atomic mass is 35.5. The summed E-state index contributed by atoms with van der Waals surface area (Å²) < 4.78 is 0. The van der Waals surface area contributed by atoms with E-state index in [0.29, 0.717) is 0 Å². The molecule has 3 heteroatoms. The standard InChI is InChI=1S/C13H19Cl2N/c1-13(2,3)12(16)7-4-9-8-10(14)5-6-11(9)15/h5-6,8,12H,4,7,16H2,1-3H3. The molecule has 0 amide bonds. The van der Waals surface area contributed by atoms with Gasteiger partial charge in [-0.15, -0.1) is 0 Å². The zero-order valence-corrected chi connectivity index (χ0v) is 11.6. The smallest absolute Gasteiger partial charge is 0.0439 e. The maximum Gasteiger partial charge on any atom is 0.0439 e. The third kappa shape index (κ3) is 3.97. The van der Waals surface area contributed by atoms with Crippen molar-refractivity contribution >= 4 is 23.2 Å². The van der Waals surface area contributed by atoms with Gasteiger partial charge in [0.1, 0.15) is 0 Å². The van der Waals surface area contributed by atoms with E-state index in [1.54, 1.807) is 6.07 Å². The third-order valence-corrected chi connectivity index (χ3v) is 3.45. The molecule has 2 N–H and O–H groups in total. The Hall–Kier alpha value is -0.240. The summed E-state index contributed by atoms with van der Waals surface area (Å²) in [6, 6.07) is 5.72. The molecule has 0 heterocycles. The second-order valence-electron chi connectivity index (χ2n) is 5.25. The van der Waals surface area contributed by atoms with Gasteiger partial charge in [0, 0.05) is 16.1 Å². The van der Waals surface area contributed by atoms with Gasteiger partial charge in [0.15, 0.2) is 0 Å². The Morgan fingerprint density at radius 2 is 1.88 bits per heavy atom. The maximum absolute atomic E-state index is 6.11. The van der Waals surface area contributed by atoms with Crippen molar-refractivity contribution in [2.75, 3.05) is 0 Å². The van der Waals surface area contributed by atoms with Gasteiger partial charge in [-0.1, -0.05) is 44.0 Å². The number of hydrogen-bond acceptors (Lipinski definition) is 1. The fourth-order valence-electron chi connectivity index (χ4n) is 1.48. The minimum absolute atomic E-state index is 0.130. The number of benzene rings is 1. The van der Waals surface area contributed by atoms with E-state index in [9.17, 15) is 0 Å². The molecule has 90 valence electrons. The van der Waals surface area contributed by atoms with Crippen LogP contribution in [-0.2, 0) is 6.42 Å². The van der Waals surface area contributed by atoms with E-state index in [1.165, 1.54) is 0 Å². The number of rotatable bonds is 3. The Morgan fingerprint density at radius 3 is 2.44 bits per heavy atom. The molecule has 0 fully saturated rings. The fraction of sp³-hybridized carbons (Fsp3) is 0.538. The SMILES string of the molecule is CC(C)(C)C(N)CCc1cc(Cl)ccc1Cl. The van der Waals surface area contributed by atoms with E-state index in [-0.39, 0.29) is 11.5 Å². The number of halogens is 2. The summed E-state index contributed by atoms with van der Waals surface area (Å²) >= 11 is 12.0. The van der Waals surface area contributed by atoms with Crippen LogP contribution in [0.5, 0.6) is 0 Å². The topological polar surface area (TPSA) is 26.0 Å². The highest BCUT2D eigenvalue weighted by molar-refractivity contribution is 6.33. The van der Waals surface area contributed by atoms with Crippen molar-refractivity contribution in [1.29, 1.82) is 0 Å². The van der Waals surface area contributed by atoms with E-state index in [0.717, 1.165) is 28.5 Å². The summed E-state index contributed by atoms with van der Waals surface area (Å²) in [5.41, 5.74) is 7.32. The summed E-state index contributed by atoms with van der Waals surface area (Å²) in [4.78, 5) is 0. The number of aryl methyl sites for hydroxylation is 1. The molecule has 1 aromatic rings. The number of hydrogen-bond donors (Lipinski definition) is 1. The molecule has 1 atom stereocenters. The van der Waals surface area contributed by atoms with Crippen LogP contribution < -0.4 is 5.73 Å². The molecule has 0 saturated carbocycles. The van der Waals surface area contributed by atoms with Crippen LogP contribution in [0.15, 0.2) is 18.2 Å². The lowest BCUT2D eigenvalue weighted by atomic mass is 9.84. The molecule has 1 unspecified atom stereocenters. The van der Waals surface area contributed by atoms with Crippen LogP contribution in [0.25, 0.3) is 0 Å². The van der Waals surface area contributed by atoms with Crippen LogP contribution in [-0.4, -0.2) is 6.04 Å². The molecule has 1 aromatic carbocycles. The van der Waals surface area contributed by atoms with Crippen molar-refractivity contribution < 1.29 is 0 Å². The summed E-state index contributed by atoms with van der Waals surface area (Å²) in [5, 5.41) is 1.49. The third-order valence-electron chi connectivity index (χ3n) is 2.84. The molecule has 1 rings (SSSR count). The summed E-state index contributed by atoms with van der Waals surface area (Å²) in [6.45, 7) is 6.45. The van der Waals surface area contributed by atoms with Crippen LogP contribution in [0.1, 0.15) is 32.8 Å². The van der Waals surface area contributed by atoms with Gasteiger partial charge in [-0.25, -0.2) is 0 Å². The minimum Gasteiger partial charge on any atom is -0.327 e. The second kappa shape index (κ2) is 5.39. The molecule has 0 spiro atoms. The first kappa shape index (κ1) is 13.8. The molecule has 1 nitrogen and oxygen atoms in total. The van der Waals surface area contributed by atoms with E-state index in [4.69, 9.17) is 28.9 Å². The molecule has 0 aliphatic carbocycles. The molecule has 0 aliphatic heterocycles. The maximum atomic E-state index is 6.11. The van der Waals surface area contributed by atoms with Crippen LogP contribution >= 0.6 is 23.2 Å². The lowest BCUT2D eigenvalue weighted by molar-refractivity contribution is 0.306. The first-order valence-corrected chi connectivity index (χ1v) is 6.26.